The maximum Gasteiger partial charge on any atom is 0.471 e. The van der Waals surface area contributed by atoms with Crippen LogP contribution in [0.15, 0.2) is 22.7 Å². The molecule has 1 aliphatic heterocycles. The lowest BCUT2D eigenvalue weighted by atomic mass is 9.87. The Morgan fingerprint density at radius 2 is 2.06 bits per heavy atom. The summed E-state index contributed by atoms with van der Waals surface area (Å²) in [5, 5.41) is 16.0. The summed E-state index contributed by atoms with van der Waals surface area (Å²) >= 11 is 5.90. The van der Waals surface area contributed by atoms with Crippen molar-refractivity contribution in [1.29, 1.82) is 0 Å². The number of nitrogens with one attached hydrogen (secondary N) is 1. The Labute approximate surface area is 198 Å². The molecule has 3 atom stereocenters. The van der Waals surface area contributed by atoms with Crippen LogP contribution in [0.25, 0.3) is 11.4 Å². The van der Waals surface area contributed by atoms with Crippen LogP contribution in [0.4, 0.5) is 13.2 Å². The molecule has 0 spiro atoms. The van der Waals surface area contributed by atoms with E-state index in [1.165, 1.54) is 6.07 Å². The van der Waals surface area contributed by atoms with Gasteiger partial charge in [-0.2, -0.15) is 18.2 Å². The van der Waals surface area contributed by atoms with Gasteiger partial charge in [0, 0.05) is 29.6 Å². The van der Waals surface area contributed by atoms with Crippen LogP contribution in [0.3, 0.4) is 0 Å². The van der Waals surface area contributed by atoms with Crippen LogP contribution in [-0.4, -0.2) is 56.5 Å². The monoisotopic (exact) mass is 500 g/mol. The molecule has 1 aliphatic carbocycles. The van der Waals surface area contributed by atoms with E-state index in [1.807, 2.05) is 0 Å². The number of amides is 2. The van der Waals surface area contributed by atoms with Gasteiger partial charge < -0.3 is 19.8 Å². The number of halogens is 4. The zero-order valence-corrected chi connectivity index (χ0v) is 19.1. The van der Waals surface area contributed by atoms with Crippen molar-refractivity contribution < 1.29 is 32.4 Å². The molecule has 0 bridgehead atoms. The van der Waals surface area contributed by atoms with Gasteiger partial charge in [0.1, 0.15) is 0 Å². The topological polar surface area (TPSA) is 109 Å². The summed E-state index contributed by atoms with van der Waals surface area (Å²) in [6, 6.07) is 4.11. The van der Waals surface area contributed by atoms with Gasteiger partial charge in [-0.15, -0.1) is 11.6 Å². The first-order valence-corrected chi connectivity index (χ1v) is 11.4. The highest BCUT2D eigenvalue weighted by Gasteiger charge is 2.42. The van der Waals surface area contributed by atoms with E-state index in [0.717, 1.165) is 18.4 Å². The quantitative estimate of drug-likeness (QED) is 0.589. The molecule has 1 aromatic heterocycles. The molecule has 184 valence electrons. The number of hydrogen-bond acceptors (Lipinski definition) is 6. The fourth-order valence-corrected chi connectivity index (χ4v) is 4.56. The molecular formula is C22H24ClF3N4O4. The van der Waals surface area contributed by atoms with Crippen molar-refractivity contribution in [3.8, 4) is 11.4 Å². The largest absolute Gasteiger partial charge is 0.471 e. The minimum absolute atomic E-state index is 0.0459. The summed E-state index contributed by atoms with van der Waals surface area (Å²) in [4.78, 5) is 31.1. The predicted molar refractivity (Wildman–Crippen MR) is 115 cm³/mol. The Morgan fingerprint density at radius 3 is 2.71 bits per heavy atom. The van der Waals surface area contributed by atoms with E-state index in [9.17, 15) is 27.9 Å². The molecule has 2 N–H and O–H groups in total. The van der Waals surface area contributed by atoms with Crippen molar-refractivity contribution in [2.45, 2.75) is 57.4 Å². The zero-order chi connectivity index (χ0) is 24.7. The number of carbonyl (C=O) groups excluding carboxylic acids is 2. The summed E-state index contributed by atoms with van der Waals surface area (Å²) in [6.45, 7) is 1.49. The molecule has 2 amide bonds. The first kappa shape index (κ1) is 24.5. The summed E-state index contributed by atoms with van der Waals surface area (Å²) in [5.41, 5.74) is 0.191. The van der Waals surface area contributed by atoms with Crippen LogP contribution < -0.4 is 5.32 Å². The molecule has 8 nitrogen and oxygen atoms in total. The molecule has 34 heavy (non-hydrogen) atoms. The fourth-order valence-electron chi connectivity index (χ4n) is 4.36. The van der Waals surface area contributed by atoms with Gasteiger partial charge in [-0.25, -0.2) is 0 Å². The van der Waals surface area contributed by atoms with E-state index in [0.29, 0.717) is 24.9 Å². The molecule has 1 saturated carbocycles. The smallest absolute Gasteiger partial charge is 0.395 e. The number of nitrogens with zero attached hydrogens (tertiary/aromatic N) is 3. The van der Waals surface area contributed by atoms with Crippen molar-refractivity contribution in [2.75, 3.05) is 12.5 Å². The van der Waals surface area contributed by atoms with E-state index in [4.69, 9.17) is 11.6 Å². The number of hydrogen-bond donors (Lipinski definition) is 2. The minimum atomic E-state index is -4.76. The summed E-state index contributed by atoms with van der Waals surface area (Å²) in [7, 11) is 0. The van der Waals surface area contributed by atoms with Crippen molar-refractivity contribution in [2.24, 2.45) is 5.41 Å². The Hall–Kier alpha value is -2.66. The third kappa shape index (κ3) is 4.50. The molecular weight excluding hydrogens is 477 g/mol. The lowest BCUT2D eigenvalue weighted by molar-refractivity contribution is -0.159. The molecule has 1 aromatic carbocycles. The van der Waals surface area contributed by atoms with E-state index >= 15 is 0 Å². The second-order valence-corrected chi connectivity index (χ2v) is 9.28. The zero-order valence-electron chi connectivity index (χ0n) is 18.4. The molecule has 0 radical (unpaired) electrons. The highest BCUT2D eigenvalue weighted by molar-refractivity contribution is 6.20. The normalized spacial score (nSPS) is 22.4. The van der Waals surface area contributed by atoms with E-state index in [-0.39, 0.29) is 41.2 Å². The predicted octanol–water partition coefficient (Wildman–Crippen LogP) is 3.38. The standard InChI is InChI=1S/C22H24ClF3N4O4/c1-21(10-23,11-31)19(33)27-15-4-2-3-5-16(15)30-9-13-7-6-12(8-14(13)18(30)32)17-28-20(34-29-17)22(24,25)26/h6-8,15-16,31H,2-5,9-11H2,1H3,(H,27,33)/t15-,16-,21?/m1/s1. The first-order chi connectivity index (χ1) is 16.1. The number of carbonyl (C=O) groups is 2. The average Bonchev–Trinajstić information content (AvgIpc) is 3.44. The molecule has 2 heterocycles. The van der Waals surface area contributed by atoms with Crippen LogP contribution in [0.5, 0.6) is 0 Å². The molecule has 12 heteroatoms. The molecule has 0 saturated heterocycles. The first-order valence-electron chi connectivity index (χ1n) is 10.9. The SMILES string of the molecule is CC(CO)(CCl)C(=O)N[C@@H]1CCCC[C@H]1N1Cc2ccc(-c3noc(C(F)(F)F)n3)cc2C1=O. The van der Waals surface area contributed by atoms with Crippen molar-refractivity contribution >= 4 is 23.4 Å². The van der Waals surface area contributed by atoms with Crippen LogP contribution in [0.2, 0.25) is 0 Å². The maximum atomic E-state index is 13.3. The highest BCUT2D eigenvalue weighted by atomic mass is 35.5. The van der Waals surface area contributed by atoms with Crippen LogP contribution in [0.1, 0.15) is 54.4 Å². The Kier molecular flexibility index (Phi) is 6.61. The van der Waals surface area contributed by atoms with E-state index in [2.05, 4.69) is 20.0 Å². The van der Waals surface area contributed by atoms with Crippen molar-refractivity contribution in [1.82, 2.24) is 20.4 Å². The molecule has 1 fully saturated rings. The van der Waals surface area contributed by atoms with Gasteiger partial charge in [-0.3, -0.25) is 9.59 Å². The molecule has 4 rings (SSSR count). The number of fused-ring (bicyclic) bond motifs is 1. The highest BCUT2D eigenvalue weighted by Crippen LogP contribution is 2.35. The van der Waals surface area contributed by atoms with Crippen molar-refractivity contribution in [3.63, 3.8) is 0 Å². The van der Waals surface area contributed by atoms with E-state index < -0.39 is 24.1 Å². The summed E-state index contributed by atoms with van der Waals surface area (Å²) in [6.07, 6.45) is -1.62. The summed E-state index contributed by atoms with van der Waals surface area (Å²) in [5.74, 6) is -2.40. The van der Waals surface area contributed by atoms with Gasteiger partial charge in [0.15, 0.2) is 0 Å². The number of aliphatic hydroxyl groups is 1. The maximum absolute atomic E-state index is 13.3. The third-order valence-electron chi connectivity index (χ3n) is 6.51. The number of rotatable bonds is 6. The lowest BCUT2D eigenvalue weighted by Crippen LogP contribution is -2.56. The van der Waals surface area contributed by atoms with Crippen LogP contribution >= 0.6 is 11.6 Å². The number of aliphatic hydroxyl groups excluding tert-OH is 1. The van der Waals surface area contributed by atoms with Gasteiger partial charge in [0.2, 0.25) is 11.7 Å². The lowest BCUT2D eigenvalue weighted by Gasteiger charge is -2.39. The second kappa shape index (κ2) is 9.18. The Morgan fingerprint density at radius 1 is 1.32 bits per heavy atom. The Balaban J connectivity index is 1.55. The van der Waals surface area contributed by atoms with Gasteiger partial charge in [0.05, 0.1) is 18.1 Å². The molecule has 2 aromatic rings. The second-order valence-electron chi connectivity index (χ2n) is 9.01. The summed E-state index contributed by atoms with van der Waals surface area (Å²) < 4.78 is 42.7. The number of alkyl halides is 4. The third-order valence-corrected chi connectivity index (χ3v) is 7.10. The fraction of sp³-hybridized carbons (Fsp3) is 0.545. The number of benzene rings is 1. The molecule has 1 unspecified atom stereocenters. The van der Waals surface area contributed by atoms with Gasteiger partial charge in [0.25, 0.3) is 5.91 Å². The van der Waals surface area contributed by atoms with Gasteiger partial charge >= 0.3 is 12.1 Å². The van der Waals surface area contributed by atoms with Crippen LogP contribution in [0, 0.1) is 5.41 Å². The number of aromatic nitrogens is 2. The van der Waals surface area contributed by atoms with Gasteiger partial charge in [-0.05, 0) is 31.4 Å². The van der Waals surface area contributed by atoms with Crippen molar-refractivity contribution in [3.05, 3.63) is 35.2 Å². The van der Waals surface area contributed by atoms with Crippen LogP contribution in [-0.2, 0) is 17.5 Å². The van der Waals surface area contributed by atoms with E-state index in [1.54, 1.807) is 24.0 Å². The minimum Gasteiger partial charge on any atom is -0.395 e. The Bertz CT molecular complexity index is 1090. The average molecular weight is 501 g/mol. The molecule has 2 aliphatic rings. The van der Waals surface area contributed by atoms with Gasteiger partial charge in [-0.1, -0.05) is 30.1 Å².